The number of carbonyl (C=O) groups excluding carboxylic acids is 1. The van der Waals surface area contributed by atoms with Crippen molar-refractivity contribution in [2.45, 2.75) is 39.5 Å². The average Bonchev–Trinajstić information content (AvgIpc) is 2.68. The van der Waals surface area contributed by atoms with Crippen LogP contribution in [0.5, 0.6) is 0 Å². The van der Waals surface area contributed by atoms with Crippen LogP contribution in [0.2, 0.25) is 0 Å². The van der Waals surface area contributed by atoms with Gasteiger partial charge in [-0.25, -0.2) is 8.42 Å². The van der Waals surface area contributed by atoms with E-state index in [4.69, 9.17) is 0 Å². The van der Waals surface area contributed by atoms with Crippen LogP contribution in [0, 0.1) is 19.8 Å². The molecule has 0 spiro atoms. The number of hydrogen-bond acceptors (Lipinski definition) is 4. The lowest BCUT2D eigenvalue weighted by molar-refractivity contribution is -0.132. The third kappa shape index (κ3) is 4.80. The van der Waals surface area contributed by atoms with Crippen LogP contribution in [0.3, 0.4) is 0 Å². The molecule has 0 aromatic carbocycles. The Hall–Kier alpha value is -1.37. The maximum Gasteiger partial charge on any atom is 0.222 e. The van der Waals surface area contributed by atoms with Crippen LogP contribution in [0.25, 0.3) is 0 Å². The van der Waals surface area contributed by atoms with Crippen LogP contribution in [0.1, 0.15) is 36.2 Å². The zero-order valence-electron chi connectivity index (χ0n) is 14.5. The van der Waals surface area contributed by atoms with Gasteiger partial charge >= 0.3 is 0 Å². The van der Waals surface area contributed by atoms with Crippen molar-refractivity contribution in [1.29, 1.82) is 0 Å². The SMILES string of the molecule is Cc1nn(C)c(C)c1CCC(=O)N1CCCC(CS(C)(=O)=O)C1. The summed E-state index contributed by atoms with van der Waals surface area (Å²) in [5.41, 5.74) is 3.22. The van der Waals surface area contributed by atoms with Crippen LogP contribution in [-0.4, -0.2) is 54.1 Å². The normalized spacial score (nSPS) is 19.1. The number of rotatable bonds is 5. The summed E-state index contributed by atoms with van der Waals surface area (Å²) in [5, 5.41) is 4.38. The Balaban J connectivity index is 1.92. The Bertz CT molecular complexity index is 679. The summed E-state index contributed by atoms with van der Waals surface area (Å²) in [6, 6.07) is 0. The van der Waals surface area contributed by atoms with Crippen molar-refractivity contribution in [2.75, 3.05) is 25.1 Å². The number of carbonyl (C=O) groups is 1. The minimum atomic E-state index is -2.99. The molecule has 1 saturated heterocycles. The molecule has 1 unspecified atom stereocenters. The second kappa shape index (κ2) is 7.03. The molecule has 1 aromatic heterocycles. The van der Waals surface area contributed by atoms with Gasteiger partial charge in [0.25, 0.3) is 0 Å². The Morgan fingerprint density at radius 2 is 2.04 bits per heavy atom. The second-order valence-electron chi connectivity index (χ2n) is 6.71. The van der Waals surface area contributed by atoms with Gasteiger partial charge in [0.1, 0.15) is 9.84 Å². The van der Waals surface area contributed by atoms with E-state index in [1.165, 1.54) is 6.26 Å². The molecule has 2 rings (SSSR count). The van der Waals surface area contributed by atoms with Crippen LogP contribution < -0.4 is 0 Å². The van der Waals surface area contributed by atoms with Gasteiger partial charge in [-0.2, -0.15) is 5.10 Å². The zero-order valence-corrected chi connectivity index (χ0v) is 15.3. The van der Waals surface area contributed by atoms with Crippen LogP contribution in [0.15, 0.2) is 0 Å². The van der Waals surface area contributed by atoms with Crippen molar-refractivity contribution in [1.82, 2.24) is 14.7 Å². The number of piperidine rings is 1. The number of likely N-dealkylation sites (tertiary alicyclic amines) is 1. The van der Waals surface area contributed by atoms with Gasteiger partial charge in [-0.05, 0) is 44.6 Å². The molecule has 23 heavy (non-hydrogen) atoms. The summed E-state index contributed by atoms with van der Waals surface area (Å²) >= 11 is 0. The molecular weight excluding hydrogens is 314 g/mol. The van der Waals surface area contributed by atoms with Crippen molar-refractivity contribution in [3.8, 4) is 0 Å². The minimum absolute atomic E-state index is 0.0737. The predicted octanol–water partition coefficient (Wildman–Crippen LogP) is 1.25. The van der Waals surface area contributed by atoms with Crippen LogP contribution in [0.4, 0.5) is 0 Å². The smallest absolute Gasteiger partial charge is 0.222 e. The summed E-state index contributed by atoms with van der Waals surface area (Å²) in [7, 11) is -1.07. The molecule has 1 aliphatic rings. The highest BCUT2D eigenvalue weighted by atomic mass is 32.2. The van der Waals surface area contributed by atoms with Crippen molar-refractivity contribution >= 4 is 15.7 Å². The monoisotopic (exact) mass is 341 g/mol. The molecule has 0 N–H and O–H groups in total. The summed E-state index contributed by atoms with van der Waals surface area (Å²) in [4.78, 5) is 14.3. The highest BCUT2D eigenvalue weighted by Crippen LogP contribution is 2.20. The van der Waals surface area contributed by atoms with Crippen LogP contribution in [-0.2, 0) is 28.1 Å². The number of nitrogens with zero attached hydrogens (tertiary/aromatic N) is 3. The summed E-state index contributed by atoms with van der Waals surface area (Å²) in [5.74, 6) is 0.368. The van der Waals surface area contributed by atoms with E-state index in [0.717, 1.165) is 36.3 Å². The number of hydrogen-bond donors (Lipinski definition) is 0. The highest BCUT2D eigenvalue weighted by molar-refractivity contribution is 7.90. The molecule has 2 heterocycles. The predicted molar refractivity (Wildman–Crippen MR) is 90.0 cm³/mol. The van der Waals surface area contributed by atoms with Gasteiger partial charge in [0.05, 0.1) is 11.4 Å². The van der Waals surface area contributed by atoms with Gasteiger partial charge in [0, 0.05) is 38.5 Å². The summed E-state index contributed by atoms with van der Waals surface area (Å²) in [6.45, 7) is 5.29. The van der Waals surface area contributed by atoms with Crippen molar-refractivity contribution in [3.05, 3.63) is 17.0 Å². The van der Waals surface area contributed by atoms with E-state index in [9.17, 15) is 13.2 Å². The third-order valence-electron chi connectivity index (χ3n) is 4.66. The topological polar surface area (TPSA) is 72.3 Å². The molecule has 0 aliphatic carbocycles. The molecule has 7 heteroatoms. The van der Waals surface area contributed by atoms with E-state index in [1.807, 2.05) is 30.5 Å². The molecule has 1 fully saturated rings. The second-order valence-corrected chi connectivity index (χ2v) is 8.90. The molecule has 0 radical (unpaired) electrons. The molecule has 0 saturated carbocycles. The molecule has 1 amide bonds. The quantitative estimate of drug-likeness (QED) is 0.808. The number of amides is 1. The fourth-order valence-corrected chi connectivity index (χ4v) is 4.55. The molecule has 1 aliphatic heterocycles. The van der Waals surface area contributed by atoms with Gasteiger partial charge < -0.3 is 4.90 Å². The van der Waals surface area contributed by atoms with E-state index in [2.05, 4.69) is 5.10 Å². The van der Waals surface area contributed by atoms with Crippen molar-refractivity contribution in [2.24, 2.45) is 13.0 Å². The largest absolute Gasteiger partial charge is 0.342 e. The Morgan fingerprint density at radius 1 is 1.35 bits per heavy atom. The summed E-state index contributed by atoms with van der Waals surface area (Å²) in [6.07, 6.45) is 4.19. The first-order valence-electron chi connectivity index (χ1n) is 8.12. The fourth-order valence-electron chi connectivity index (χ4n) is 3.43. The Labute approximate surface area is 138 Å². The van der Waals surface area contributed by atoms with E-state index in [0.29, 0.717) is 19.4 Å². The minimum Gasteiger partial charge on any atom is -0.342 e. The van der Waals surface area contributed by atoms with E-state index >= 15 is 0 Å². The Kier molecular flexibility index (Phi) is 5.49. The molecule has 0 bridgehead atoms. The molecule has 1 aromatic rings. The average molecular weight is 341 g/mol. The lowest BCUT2D eigenvalue weighted by Gasteiger charge is -2.32. The fraction of sp³-hybridized carbons (Fsp3) is 0.750. The summed E-state index contributed by atoms with van der Waals surface area (Å²) < 4.78 is 24.7. The maximum absolute atomic E-state index is 12.5. The maximum atomic E-state index is 12.5. The first-order chi connectivity index (χ1) is 10.7. The standard InChI is InChI=1S/C16H27N3O3S/c1-12-15(13(2)18(3)17-12)7-8-16(20)19-9-5-6-14(10-19)11-23(4,21)22/h14H,5-11H2,1-4H3. The van der Waals surface area contributed by atoms with Crippen molar-refractivity contribution in [3.63, 3.8) is 0 Å². The van der Waals surface area contributed by atoms with Gasteiger partial charge in [0.15, 0.2) is 0 Å². The molecular formula is C16H27N3O3S. The zero-order chi connectivity index (χ0) is 17.2. The van der Waals surface area contributed by atoms with Gasteiger partial charge in [-0.3, -0.25) is 9.48 Å². The first-order valence-corrected chi connectivity index (χ1v) is 10.2. The highest BCUT2D eigenvalue weighted by Gasteiger charge is 2.26. The Morgan fingerprint density at radius 3 is 2.61 bits per heavy atom. The third-order valence-corrected chi connectivity index (χ3v) is 5.73. The number of sulfone groups is 1. The molecule has 1 atom stereocenters. The lowest BCUT2D eigenvalue weighted by atomic mass is 9.99. The van der Waals surface area contributed by atoms with Gasteiger partial charge in [-0.1, -0.05) is 0 Å². The van der Waals surface area contributed by atoms with Gasteiger partial charge in [-0.15, -0.1) is 0 Å². The van der Waals surface area contributed by atoms with Gasteiger partial charge in [0.2, 0.25) is 5.91 Å². The first kappa shape index (κ1) is 18.0. The number of aromatic nitrogens is 2. The number of aryl methyl sites for hydroxylation is 2. The van der Waals surface area contributed by atoms with Crippen molar-refractivity contribution < 1.29 is 13.2 Å². The molecule has 130 valence electrons. The lowest BCUT2D eigenvalue weighted by Crippen LogP contribution is -2.41. The van der Waals surface area contributed by atoms with E-state index in [1.54, 1.807) is 0 Å². The van der Waals surface area contributed by atoms with E-state index < -0.39 is 9.84 Å². The molecule has 6 nitrogen and oxygen atoms in total. The van der Waals surface area contributed by atoms with E-state index in [-0.39, 0.29) is 17.6 Å². The van der Waals surface area contributed by atoms with Crippen LogP contribution >= 0.6 is 0 Å².